The van der Waals surface area contributed by atoms with Gasteiger partial charge in [0.15, 0.2) is 0 Å². The van der Waals surface area contributed by atoms with E-state index < -0.39 is 0 Å². The molecule has 2 aromatic carbocycles. The molecule has 0 aliphatic rings. The summed E-state index contributed by atoms with van der Waals surface area (Å²) in [6.07, 6.45) is 0. The molecule has 5 heteroatoms. The quantitative estimate of drug-likeness (QED) is 0.754. The number of hydrogen-bond donors (Lipinski definition) is 1. The molecule has 0 aliphatic carbocycles. The van der Waals surface area contributed by atoms with Gasteiger partial charge in [-0.3, -0.25) is 0 Å². The van der Waals surface area contributed by atoms with E-state index in [9.17, 15) is 0 Å². The van der Waals surface area contributed by atoms with Crippen molar-refractivity contribution >= 4 is 52.3 Å². The zero-order valence-electron chi connectivity index (χ0n) is 8.58. The molecule has 0 aliphatic heterocycles. The number of halogens is 3. The van der Waals surface area contributed by atoms with Gasteiger partial charge in [-0.1, -0.05) is 52.6 Å². The number of anilines is 1. The van der Waals surface area contributed by atoms with Crippen molar-refractivity contribution in [2.24, 2.45) is 0 Å². The minimum atomic E-state index is 0.458. The summed E-state index contributed by atoms with van der Waals surface area (Å²) >= 11 is 19.2. The molecule has 0 radical (unpaired) electrons. The maximum atomic E-state index is 5.96. The summed E-state index contributed by atoms with van der Waals surface area (Å²) in [5.74, 6) is 0. The highest BCUT2D eigenvalue weighted by Crippen LogP contribution is 2.37. The minimum Gasteiger partial charge on any atom is -0.398 e. The third kappa shape index (κ3) is 3.23. The van der Waals surface area contributed by atoms with Crippen molar-refractivity contribution in [3.8, 4) is 0 Å². The van der Waals surface area contributed by atoms with Crippen LogP contribution < -0.4 is 5.73 Å². The molecule has 0 unspecified atom stereocenters. The van der Waals surface area contributed by atoms with Crippen LogP contribution in [0.25, 0.3) is 0 Å². The first-order valence-electron chi connectivity index (χ1n) is 4.74. The second kappa shape index (κ2) is 5.40. The first-order valence-corrected chi connectivity index (χ1v) is 6.69. The lowest BCUT2D eigenvalue weighted by atomic mass is 10.3. The smallest absolute Gasteiger partial charge is 0.0613 e. The average molecular weight is 305 g/mol. The van der Waals surface area contributed by atoms with Gasteiger partial charge in [0.2, 0.25) is 0 Å². The summed E-state index contributed by atoms with van der Waals surface area (Å²) in [6, 6.07) is 10.9. The lowest BCUT2D eigenvalue weighted by Gasteiger charge is -2.07. The first-order chi connectivity index (χ1) is 8.06. The van der Waals surface area contributed by atoms with Crippen molar-refractivity contribution in [1.82, 2.24) is 0 Å². The van der Waals surface area contributed by atoms with Crippen LogP contribution in [0.4, 0.5) is 5.69 Å². The molecular formula is C12H8Cl3NS. The topological polar surface area (TPSA) is 26.0 Å². The molecule has 0 amide bonds. The molecule has 0 bridgehead atoms. The Morgan fingerprint density at radius 3 is 2.35 bits per heavy atom. The lowest BCUT2D eigenvalue weighted by molar-refractivity contribution is 1.41. The number of nitrogens with two attached hydrogens (primary N) is 1. The average Bonchev–Trinajstić information content (AvgIpc) is 2.26. The van der Waals surface area contributed by atoms with Gasteiger partial charge in [0.05, 0.1) is 10.0 Å². The van der Waals surface area contributed by atoms with E-state index in [0.29, 0.717) is 20.8 Å². The van der Waals surface area contributed by atoms with E-state index in [1.807, 2.05) is 24.3 Å². The molecule has 2 N–H and O–H groups in total. The van der Waals surface area contributed by atoms with Gasteiger partial charge in [0.25, 0.3) is 0 Å². The van der Waals surface area contributed by atoms with Crippen LogP contribution in [0.15, 0.2) is 46.2 Å². The largest absolute Gasteiger partial charge is 0.398 e. The van der Waals surface area contributed by atoms with Gasteiger partial charge in [0.1, 0.15) is 0 Å². The van der Waals surface area contributed by atoms with Crippen LogP contribution in [-0.4, -0.2) is 0 Å². The molecule has 0 heterocycles. The summed E-state index contributed by atoms with van der Waals surface area (Å²) < 4.78 is 0. The molecule has 0 spiro atoms. The Morgan fingerprint density at radius 2 is 1.65 bits per heavy atom. The molecule has 2 aromatic rings. The fourth-order valence-corrected chi connectivity index (χ4v) is 2.89. The fourth-order valence-electron chi connectivity index (χ4n) is 1.29. The third-order valence-electron chi connectivity index (χ3n) is 2.08. The van der Waals surface area contributed by atoms with E-state index in [4.69, 9.17) is 40.5 Å². The Labute approximate surface area is 119 Å². The van der Waals surface area contributed by atoms with Crippen molar-refractivity contribution in [1.29, 1.82) is 0 Å². The van der Waals surface area contributed by atoms with Crippen molar-refractivity contribution in [3.05, 3.63) is 51.5 Å². The lowest BCUT2D eigenvalue weighted by Crippen LogP contribution is -1.88. The highest BCUT2D eigenvalue weighted by Gasteiger charge is 2.07. The Bertz CT molecular complexity index is 557. The van der Waals surface area contributed by atoms with E-state index in [2.05, 4.69) is 0 Å². The maximum Gasteiger partial charge on any atom is 0.0613 e. The van der Waals surface area contributed by atoms with Crippen LogP contribution in [-0.2, 0) is 0 Å². The van der Waals surface area contributed by atoms with Crippen LogP contribution in [0.3, 0.4) is 0 Å². The summed E-state index contributed by atoms with van der Waals surface area (Å²) in [6.45, 7) is 0. The maximum absolute atomic E-state index is 5.96. The van der Waals surface area contributed by atoms with E-state index in [0.717, 1.165) is 9.79 Å². The van der Waals surface area contributed by atoms with Gasteiger partial charge in [-0.05, 0) is 30.3 Å². The molecular weight excluding hydrogens is 297 g/mol. The minimum absolute atomic E-state index is 0.458. The number of nitrogen functional groups attached to an aromatic ring is 1. The van der Waals surface area contributed by atoms with Crippen molar-refractivity contribution in [2.45, 2.75) is 9.79 Å². The van der Waals surface area contributed by atoms with Crippen LogP contribution in [0, 0.1) is 0 Å². The molecule has 0 aromatic heterocycles. The Kier molecular flexibility index (Phi) is 4.10. The predicted octanol–water partition coefficient (Wildman–Crippen LogP) is 5.38. The first kappa shape index (κ1) is 12.9. The standard InChI is InChI=1S/C12H8Cl3NS/c13-7-2-1-3-8(4-7)17-12-6-10(15)9(14)5-11(12)16/h1-6H,16H2. The van der Waals surface area contributed by atoms with E-state index in [-0.39, 0.29) is 0 Å². The van der Waals surface area contributed by atoms with Gasteiger partial charge in [-0.15, -0.1) is 0 Å². The normalized spacial score (nSPS) is 10.5. The molecule has 1 nitrogen and oxygen atoms in total. The zero-order valence-corrected chi connectivity index (χ0v) is 11.7. The fraction of sp³-hybridized carbons (Fsp3) is 0. The molecule has 17 heavy (non-hydrogen) atoms. The summed E-state index contributed by atoms with van der Waals surface area (Å²) in [5, 5.41) is 1.64. The molecule has 0 fully saturated rings. The number of hydrogen-bond acceptors (Lipinski definition) is 2. The van der Waals surface area contributed by atoms with Crippen molar-refractivity contribution in [3.63, 3.8) is 0 Å². The van der Waals surface area contributed by atoms with E-state index in [1.165, 1.54) is 11.8 Å². The summed E-state index contributed by atoms with van der Waals surface area (Å²) in [4.78, 5) is 1.87. The van der Waals surface area contributed by atoms with Crippen LogP contribution in [0.1, 0.15) is 0 Å². The van der Waals surface area contributed by atoms with Crippen molar-refractivity contribution in [2.75, 3.05) is 5.73 Å². The highest BCUT2D eigenvalue weighted by atomic mass is 35.5. The highest BCUT2D eigenvalue weighted by molar-refractivity contribution is 7.99. The summed E-state index contributed by atoms with van der Waals surface area (Å²) in [5.41, 5.74) is 6.48. The molecule has 0 atom stereocenters. The number of benzene rings is 2. The van der Waals surface area contributed by atoms with Crippen LogP contribution >= 0.6 is 46.6 Å². The third-order valence-corrected chi connectivity index (χ3v) is 4.10. The van der Waals surface area contributed by atoms with Gasteiger partial charge in [-0.2, -0.15) is 0 Å². The Morgan fingerprint density at radius 1 is 0.941 bits per heavy atom. The monoisotopic (exact) mass is 303 g/mol. The summed E-state index contributed by atoms with van der Waals surface area (Å²) in [7, 11) is 0. The molecule has 0 saturated carbocycles. The van der Waals surface area contributed by atoms with Gasteiger partial charge in [0, 0.05) is 20.5 Å². The molecule has 2 rings (SSSR count). The van der Waals surface area contributed by atoms with E-state index in [1.54, 1.807) is 12.1 Å². The number of rotatable bonds is 2. The van der Waals surface area contributed by atoms with Gasteiger partial charge >= 0.3 is 0 Å². The van der Waals surface area contributed by atoms with Gasteiger partial charge < -0.3 is 5.73 Å². The predicted molar refractivity (Wildman–Crippen MR) is 76.4 cm³/mol. The van der Waals surface area contributed by atoms with Crippen molar-refractivity contribution < 1.29 is 0 Å². The Balaban J connectivity index is 2.33. The second-order valence-electron chi connectivity index (χ2n) is 3.36. The molecule has 0 saturated heterocycles. The zero-order chi connectivity index (χ0) is 12.4. The van der Waals surface area contributed by atoms with Crippen LogP contribution in [0.2, 0.25) is 15.1 Å². The van der Waals surface area contributed by atoms with Crippen LogP contribution in [0.5, 0.6) is 0 Å². The second-order valence-corrected chi connectivity index (χ2v) is 5.73. The Hall–Kier alpha value is -0.540. The van der Waals surface area contributed by atoms with E-state index >= 15 is 0 Å². The SMILES string of the molecule is Nc1cc(Cl)c(Cl)cc1Sc1cccc(Cl)c1. The van der Waals surface area contributed by atoms with Gasteiger partial charge in [-0.25, -0.2) is 0 Å². The molecule has 88 valence electrons.